The van der Waals surface area contributed by atoms with Gasteiger partial charge in [-0.1, -0.05) is 49.7 Å². The standard InChI is InChI=1S/C19H21ClF2N2O/c1-3-24(4-2)12-14-8-6-5-7-13(14)11-23-19(25)15-9-17(21)18(22)10-16(15)20/h5-10H,3-4,11-12H2,1-2H3,(H,23,25). The molecule has 0 heterocycles. The Balaban J connectivity index is 2.11. The van der Waals surface area contributed by atoms with Gasteiger partial charge in [0.1, 0.15) is 0 Å². The smallest absolute Gasteiger partial charge is 0.253 e. The van der Waals surface area contributed by atoms with Crippen molar-refractivity contribution in [2.24, 2.45) is 0 Å². The topological polar surface area (TPSA) is 32.3 Å². The van der Waals surface area contributed by atoms with E-state index in [1.165, 1.54) is 0 Å². The summed E-state index contributed by atoms with van der Waals surface area (Å²) in [6.45, 7) is 7.12. The molecule has 2 aromatic carbocycles. The summed E-state index contributed by atoms with van der Waals surface area (Å²) in [6.07, 6.45) is 0. The number of halogens is 3. The van der Waals surface area contributed by atoms with E-state index in [-0.39, 0.29) is 17.1 Å². The van der Waals surface area contributed by atoms with Crippen LogP contribution in [-0.2, 0) is 13.1 Å². The van der Waals surface area contributed by atoms with E-state index in [2.05, 4.69) is 24.1 Å². The Labute approximate surface area is 151 Å². The highest BCUT2D eigenvalue weighted by molar-refractivity contribution is 6.33. The fourth-order valence-electron chi connectivity index (χ4n) is 2.54. The maximum absolute atomic E-state index is 13.3. The second-order valence-corrected chi connectivity index (χ2v) is 6.07. The molecule has 0 saturated heterocycles. The van der Waals surface area contributed by atoms with E-state index in [1.807, 2.05) is 24.3 Å². The van der Waals surface area contributed by atoms with Gasteiger partial charge in [-0.15, -0.1) is 0 Å². The van der Waals surface area contributed by atoms with Gasteiger partial charge < -0.3 is 5.32 Å². The molecule has 2 aromatic rings. The molecule has 0 bridgehead atoms. The third-order valence-electron chi connectivity index (χ3n) is 4.10. The van der Waals surface area contributed by atoms with Crippen molar-refractivity contribution in [3.05, 3.63) is 69.7 Å². The van der Waals surface area contributed by atoms with E-state index >= 15 is 0 Å². The number of nitrogens with zero attached hydrogens (tertiary/aromatic N) is 1. The fourth-order valence-corrected chi connectivity index (χ4v) is 2.78. The van der Waals surface area contributed by atoms with Crippen LogP contribution in [0.4, 0.5) is 8.78 Å². The van der Waals surface area contributed by atoms with Crippen molar-refractivity contribution >= 4 is 17.5 Å². The van der Waals surface area contributed by atoms with E-state index in [9.17, 15) is 13.6 Å². The quantitative estimate of drug-likeness (QED) is 0.737. The lowest BCUT2D eigenvalue weighted by molar-refractivity contribution is 0.0950. The van der Waals surface area contributed by atoms with Gasteiger partial charge in [-0.25, -0.2) is 8.78 Å². The van der Waals surface area contributed by atoms with E-state index in [0.29, 0.717) is 0 Å². The number of amides is 1. The van der Waals surface area contributed by atoms with Crippen LogP contribution in [0.25, 0.3) is 0 Å². The summed E-state index contributed by atoms with van der Waals surface area (Å²) in [4.78, 5) is 14.5. The summed E-state index contributed by atoms with van der Waals surface area (Å²) in [5, 5.41) is 2.60. The minimum atomic E-state index is -1.10. The lowest BCUT2D eigenvalue weighted by Gasteiger charge is -2.20. The Hall–Kier alpha value is -1.98. The Kier molecular flexibility index (Phi) is 6.91. The second-order valence-electron chi connectivity index (χ2n) is 5.66. The third kappa shape index (κ3) is 5.00. The van der Waals surface area contributed by atoms with Crippen molar-refractivity contribution in [2.75, 3.05) is 13.1 Å². The van der Waals surface area contributed by atoms with Crippen molar-refractivity contribution in [2.45, 2.75) is 26.9 Å². The molecule has 2 rings (SSSR count). The molecule has 0 aromatic heterocycles. The van der Waals surface area contributed by atoms with Gasteiger partial charge >= 0.3 is 0 Å². The highest BCUT2D eigenvalue weighted by Gasteiger charge is 2.15. The van der Waals surface area contributed by atoms with E-state index in [0.717, 1.165) is 42.9 Å². The summed E-state index contributed by atoms with van der Waals surface area (Å²) in [6, 6.07) is 9.43. The lowest BCUT2D eigenvalue weighted by Crippen LogP contribution is -2.26. The first-order chi connectivity index (χ1) is 12.0. The molecule has 6 heteroatoms. The van der Waals surface area contributed by atoms with Gasteiger partial charge in [-0.3, -0.25) is 9.69 Å². The molecule has 1 amide bonds. The van der Waals surface area contributed by atoms with E-state index < -0.39 is 17.5 Å². The van der Waals surface area contributed by atoms with Crippen LogP contribution in [0.15, 0.2) is 36.4 Å². The molecule has 0 aliphatic heterocycles. The van der Waals surface area contributed by atoms with Crippen LogP contribution in [0, 0.1) is 11.6 Å². The average Bonchev–Trinajstić information content (AvgIpc) is 2.61. The Morgan fingerprint density at radius 1 is 1.08 bits per heavy atom. The van der Waals surface area contributed by atoms with Crippen LogP contribution < -0.4 is 5.32 Å². The molecule has 0 aliphatic carbocycles. The van der Waals surface area contributed by atoms with Crippen LogP contribution in [0.3, 0.4) is 0 Å². The molecular formula is C19H21ClF2N2O. The van der Waals surface area contributed by atoms with Crippen LogP contribution in [-0.4, -0.2) is 23.9 Å². The zero-order valence-electron chi connectivity index (χ0n) is 14.3. The molecule has 134 valence electrons. The summed E-state index contributed by atoms with van der Waals surface area (Å²) in [7, 11) is 0. The molecule has 0 saturated carbocycles. The van der Waals surface area contributed by atoms with Crippen molar-refractivity contribution in [3.8, 4) is 0 Å². The van der Waals surface area contributed by atoms with Gasteiger partial charge in [0, 0.05) is 13.1 Å². The summed E-state index contributed by atoms with van der Waals surface area (Å²) >= 11 is 5.84. The van der Waals surface area contributed by atoms with Crippen LogP contribution in [0.5, 0.6) is 0 Å². The lowest BCUT2D eigenvalue weighted by atomic mass is 10.1. The van der Waals surface area contributed by atoms with Crippen LogP contribution >= 0.6 is 11.6 Å². The normalized spacial score (nSPS) is 11.0. The molecular weight excluding hydrogens is 346 g/mol. The maximum Gasteiger partial charge on any atom is 0.253 e. The summed E-state index contributed by atoms with van der Waals surface area (Å²) < 4.78 is 26.5. The Morgan fingerprint density at radius 3 is 2.32 bits per heavy atom. The minimum absolute atomic E-state index is 0.0817. The number of rotatable bonds is 7. The molecule has 3 nitrogen and oxygen atoms in total. The first-order valence-corrected chi connectivity index (χ1v) is 8.55. The number of benzene rings is 2. The monoisotopic (exact) mass is 366 g/mol. The number of nitrogens with one attached hydrogen (secondary N) is 1. The molecule has 0 atom stereocenters. The van der Waals surface area contributed by atoms with Crippen molar-refractivity contribution in [3.63, 3.8) is 0 Å². The number of hydrogen-bond donors (Lipinski definition) is 1. The molecule has 0 aliphatic rings. The van der Waals surface area contributed by atoms with Gasteiger partial charge in [0.15, 0.2) is 11.6 Å². The molecule has 25 heavy (non-hydrogen) atoms. The Morgan fingerprint density at radius 2 is 1.68 bits per heavy atom. The van der Waals surface area contributed by atoms with E-state index in [4.69, 9.17) is 11.6 Å². The predicted octanol–water partition coefficient (Wildman–Crippen LogP) is 4.39. The van der Waals surface area contributed by atoms with Gasteiger partial charge in [0.25, 0.3) is 5.91 Å². The third-order valence-corrected chi connectivity index (χ3v) is 4.41. The fraction of sp³-hybridized carbons (Fsp3) is 0.316. The number of hydrogen-bond acceptors (Lipinski definition) is 2. The molecule has 0 spiro atoms. The highest BCUT2D eigenvalue weighted by atomic mass is 35.5. The molecule has 0 radical (unpaired) electrons. The number of carbonyl (C=O) groups excluding carboxylic acids is 1. The summed E-state index contributed by atoms with van der Waals surface area (Å²) in [5.74, 6) is -2.72. The van der Waals surface area contributed by atoms with Gasteiger partial charge in [-0.2, -0.15) is 0 Å². The van der Waals surface area contributed by atoms with Crippen LogP contribution in [0.2, 0.25) is 5.02 Å². The second kappa shape index (κ2) is 8.92. The predicted molar refractivity (Wildman–Crippen MR) is 95.6 cm³/mol. The zero-order valence-corrected chi connectivity index (χ0v) is 15.0. The molecule has 0 unspecified atom stereocenters. The summed E-state index contributed by atoms with van der Waals surface area (Å²) in [5.41, 5.74) is 2.01. The minimum Gasteiger partial charge on any atom is -0.348 e. The van der Waals surface area contributed by atoms with Gasteiger partial charge in [0.05, 0.1) is 10.6 Å². The molecule has 1 N–H and O–H groups in total. The molecule has 0 fully saturated rings. The SMILES string of the molecule is CCN(CC)Cc1ccccc1CNC(=O)c1cc(F)c(F)cc1Cl. The van der Waals surface area contributed by atoms with Crippen molar-refractivity contribution < 1.29 is 13.6 Å². The van der Waals surface area contributed by atoms with E-state index in [1.54, 1.807) is 0 Å². The van der Waals surface area contributed by atoms with Gasteiger partial charge in [0.2, 0.25) is 0 Å². The number of carbonyl (C=O) groups is 1. The largest absolute Gasteiger partial charge is 0.348 e. The zero-order chi connectivity index (χ0) is 18.4. The maximum atomic E-state index is 13.3. The first kappa shape index (κ1) is 19.3. The Bertz CT molecular complexity index is 748. The highest BCUT2D eigenvalue weighted by Crippen LogP contribution is 2.20. The van der Waals surface area contributed by atoms with Crippen molar-refractivity contribution in [1.82, 2.24) is 10.2 Å². The van der Waals surface area contributed by atoms with Crippen molar-refractivity contribution in [1.29, 1.82) is 0 Å². The van der Waals surface area contributed by atoms with Gasteiger partial charge in [-0.05, 0) is 36.3 Å². The average molecular weight is 367 g/mol. The van der Waals surface area contributed by atoms with Crippen LogP contribution in [0.1, 0.15) is 35.3 Å². The first-order valence-electron chi connectivity index (χ1n) is 8.18.